The van der Waals surface area contributed by atoms with E-state index in [-0.39, 0.29) is 0 Å². The minimum Gasteiger partial charge on any atom is -0.348 e. The third-order valence-corrected chi connectivity index (χ3v) is 2.82. The molecule has 1 aliphatic rings. The van der Waals surface area contributed by atoms with E-state index in [1.54, 1.807) is 18.3 Å². The van der Waals surface area contributed by atoms with Gasteiger partial charge in [0.25, 0.3) is 0 Å². The van der Waals surface area contributed by atoms with E-state index >= 15 is 0 Å². The molecular weight excluding hydrogens is 228 g/mol. The normalized spacial score (nSPS) is 23.0. The topological polar surface area (TPSA) is 57.4 Å². The van der Waals surface area contributed by atoms with Crippen molar-refractivity contribution in [1.82, 2.24) is 4.98 Å². The SMILES string of the molecule is CC1(C)OCC(N)(c2ccc(Cl)cn2)CO1. The molecule has 0 atom stereocenters. The Labute approximate surface area is 99.7 Å². The summed E-state index contributed by atoms with van der Waals surface area (Å²) >= 11 is 5.78. The zero-order valence-corrected chi connectivity index (χ0v) is 10.1. The monoisotopic (exact) mass is 242 g/mol. The molecule has 0 amide bonds. The first-order chi connectivity index (χ1) is 7.41. The highest BCUT2D eigenvalue weighted by atomic mass is 35.5. The van der Waals surface area contributed by atoms with Crippen LogP contribution in [0.5, 0.6) is 0 Å². The van der Waals surface area contributed by atoms with E-state index in [9.17, 15) is 0 Å². The Morgan fingerprint density at radius 3 is 2.44 bits per heavy atom. The smallest absolute Gasteiger partial charge is 0.162 e. The maximum absolute atomic E-state index is 6.20. The third kappa shape index (κ3) is 2.35. The molecule has 1 saturated heterocycles. The molecule has 1 fully saturated rings. The average Bonchev–Trinajstić information content (AvgIpc) is 2.24. The number of rotatable bonds is 1. The lowest BCUT2D eigenvalue weighted by Gasteiger charge is -2.40. The molecule has 0 saturated carbocycles. The number of hydrogen-bond donors (Lipinski definition) is 1. The predicted octanol–water partition coefficient (Wildman–Crippen LogP) is 1.67. The minimum atomic E-state index is -0.694. The molecule has 4 nitrogen and oxygen atoms in total. The van der Waals surface area contributed by atoms with Crippen molar-refractivity contribution < 1.29 is 9.47 Å². The second kappa shape index (κ2) is 3.96. The lowest BCUT2D eigenvalue weighted by atomic mass is 9.96. The minimum absolute atomic E-state index is 0.384. The first kappa shape index (κ1) is 11.8. The van der Waals surface area contributed by atoms with E-state index in [4.69, 9.17) is 26.8 Å². The molecule has 0 spiro atoms. The molecule has 0 unspecified atom stereocenters. The summed E-state index contributed by atoms with van der Waals surface area (Å²) in [5.74, 6) is -0.574. The van der Waals surface area contributed by atoms with Crippen molar-refractivity contribution in [2.45, 2.75) is 25.2 Å². The second-order valence-electron chi connectivity index (χ2n) is 4.49. The zero-order valence-electron chi connectivity index (χ0n) is 9.37. The van der Waals surface area contributed by atoms with Crippen LogP contribution in [0.1, 0.15) is 19.5 Å². The molecule has 1 aliphatic heterocycles. The van der Waals surface area contributed by atoms with Gasteiger partial charge in [-0.15, -0.1) is 0 Å². The van der Waals surface area contributed by atoms with E-state index < -0.39 is 11.3 Å². The Morgan fingerprint density at radius 1 is 1.31 bits per heavy atom. The van der Waals surface area contributed by atoms with Gasteiger partial charge in [0.2, 0.25) is 0 Å². The van der Waals surface area contributed by atoms with Crippen LogP contribution < -0.4 is 5.73 Å². The van der Waals surface area contributed by atoms with Crippen LogP contribution in [0.25, 0.3) is 0 Å². The van der Waals surface area contributed by atoms with Crippen molar-refractivity contribution in [2.24, 2.45) is 5.73 Å². The van der Waals surface area contributed by atoms with Crippen molar-refractivity contribution in [3.8, 4) is 0 Å². The van der Waals surface area contributed by atoms with Gasteiger partial charge in [0.05, 0.1) is 23.9 Å². The largest absolute Gasteiger partial charge is 0.348 e. The number of halogens is 1. The maximum Gasteiger partial charge on any atom is 0.162 e. The predicted molar refractivity (Wildman–Crippen MR) is 61.1 cm³/mol. The Bertz CT molecular complexity index is 368. The van der Waals surface area contributed by atoms with Gasteiger partial charge in [-0.05, 0) is 26.0 Å². The van der Waals surface area contributed by atoms with Crippen LogP contribution in [-0.2, 0) is 15.0 Å². The van der Waals surface area contributed by atoms with Gasteiger partial charge in [-0.1, -0.05) is 11.6 Å². The Hall–Kier alpha value is -0.680. The van der Waals surface area contributed by atoms with Crippen LogP contribution in [0.3, 0.4) is 0 Å². The fourth-order valence-electron chi connectivity index (χ4n) is 1.51. The number of aromatic nitrogens is 1. The Morgan fingerprint density at radius 2 is 1.94 bits per heavy atom. The summed E-state index contributed by atoms with van der Waals surface area (Å²) in [7, 11) is 0. The van der Waals surface area contributed by atoms with E-state index in [0.29, 0.717) is 18.2 Å². The fourth-order valence-corrected chi connectivity index (χ4v) is 1.62. The number of nitrogens with zero attached hydrogens (tertiary/aromatic N) is 1. The summed E-state index contributed by atoms with van der Waals surface area (Å²) < 4.78 is 11.1. The van der Waals surface area contributed by atoms with Gasteiger partial charge in [0, 0.05) is 6.20 Å². The molecule has 1 aromatic rings. The quantitative estimate of drug-likeness (QED) is 0.814. The summed E-state index contributed by atoms with van der Waals surface area (Å²) in [6, 6.07) is 3.56. The molecule has 0 aromatic carbocycles. The lowest BCUT2D eigenvalue weighted by molar-refractivity contribution is -0.269. The van der Waals surface area contributed by atoms with Crippen LogP contribution in [0.2, 0.25) is 5.02 Å². The molecule has 1 aromatic heterocycles. The Kier molecular flexibility index (Phi) is 2.92. The first-order valence-electron chi connectivity index (χ1n) is 5.10. The van der Waals surface area contributed by atoms with Gasteiger partial charge in [-0.2, -0.15) is 0 Å². The highest BCUT2D eigenvalue weighted by Crippen LogP contribution is 2.28. The van der Waals surface area contributed by atoms with Crippen LogP contribution in [0.4, 0.5) is 0 Å². The van der Waals surface area contributed by atoms with E-state index in [1.807, 2.05) is 13.8 Å². The zero-order chi connectivity index (χ0) is 11.8. The van der Waals surface area contributed by atoms with Crippen molar-refractivity contribution >= 4 is 11.6 Å². The van der Waals surface area contributed by atoms with Gasteiger partial charge < -0.3 is 15.2 Å². The van der Waals surface area contributed by atoms with Gasteiger partial charge in [-0.25, -0.2) is 0 Å². The molecule has 5 heteroatoms. The van der Waals surface area contributed by atoms with E-state index in [2.05, 4.69) is 4.98 Å². The summed E-state index contributed by atoms with van der Waals surface area (Å²) in [5.41, 5.74) is 6.23. The van der Waals surface area contributed by atoms with Crippen molar-refractivity contribution in [3.63, 3.8) is 0 Å². The van der Waals surface area contributed by atoms with Gasteiger partial charge in [0.1, 0.15) is 5.54 Å². The number of hydrogen-bond acceptors (Lipinski definition) is 4. The van der Waals surface area contributed by atoms with Gasteiger partial charge in [0.15, 0.2) is 5.79 Å². The molecule has 0 radical (unpaired) electrons. The highest BCUT2D eigenvalue weighted by molar-refractivity contribution is 6.30. The van der Waals surface area contributed by atoms with Crippen LogP contribution in [0, 0.1) is 0 Å². The lowest BCUT2D eigenvalue weighted by Crippen LogP contribution is -2.55. The number of nitrogens with two attached hydrogens (primary N) is 1. The summed E-state index contributed by atoms with van der Waals surface area (Å²) in [5, 5.41) is 0.588. The molecule has 2 N–H and O–H groups in total. The molecular formula is C11H15ClN2O2. The molecule has 0 bridgehead atoms. The third-order valence-electron chi connectivity index (χ3n) is 2.59. The molecule has 2 heterocycles. The maximum atomic E-state index is 6.20. The number of ether oxygens (including phenoxy) is 2. The summed E-state index contributed by atoms with van der Waals surface area (Å²) in [4.78, 5) is 4.20. The molecule has 2 rings (SSSR count). The standard InChI is InChI=1S/C11H15ClN2O2/c1-10(2)15-6-11(13,7-16-10)9-4-3-8(12)5-14-9/h3-5H,6-7,13H2,1-2H3. The van der Waals surface area contributed by atoms with Gasteiger partial charge in [-0.3, -0.25) is 4.98 Å². The van der Waals surface area contributed by atoms with Crippen LogP contribution in [-0.4, -0.2) is 24.0 Å². The highest BCUT2D eigenvalue weighted by Gasteiger charge is 2.39. The summed E-state index contributed by atoms with van der Waals surface area (Å²) in [6.07, 6.45) is 1.57. The van der Waals surface area contributed by atoms with Crippen molar-refractivity contribution in [2.75, 3.05) is 13.2 Å². The number of pyridine rings is 1. The first-order valence-corrected chi connectivity index (χ1v) is 5.48. The average molecular weight is 243 g/mol. The molecule has 0 aliphatic carbocycles. The molecule has 16 heavy (non-hydrogen) atoms. The fraction of sp³-hybridized carbons (Fsp3) is 0.545. The van der Waals surface area contributed by atoms with Crippen molar-refractivity contribution in [3.05, 3.63) is 29.0 Å². The van der Waals surface area contributed by atoms with E-state index in [0.717, 1.165) is 5.69 Å². The Balaban J connectivity index is 2.18. The van der Waals surface area contributed by atoms with Crippen LogP contribution in [0.15, 0.2) is 18.3 Å². The molecule has 88 valence electrons. The second-order valence-corrected chi connectivity index (χ2v) is 4.93. The van der Waals surface area contributed by atoms with Crippen LogP contribution >= 0.6 is 11.6 Å². The van der Waals surface area contributed by atoms with Crippen molar-refractivity contribution in [1.29, 1.82) is 0 Å². The van der Waals surface area contributed by atoms with E-state index in [1.165, 1.54) is 0 Å². The summed E-state index contributed by atoms with van der Waals surface area (Å²) in [6.45, 7) is 4.49. The van der Waals surface area contributed by atoms with Gasteiger partial charge >= 0.3 is 0 Å².